The number of rotatable bonds is 6. The number of amides is 1. The topological polar surface area (TPSA) is 73.2 Å². The summed E-state index contributed by atoms with van der Waals surface area (Å²) in [5.74, 6) is -1.20. The van der Waals surface area contributed by atoms with Crippen molar-refractivity contribution in [3.8, 4) is 0 Å². The number of benzene rings is 1. The predicted octanol–water partition coefficient (Wildman–Crippen LogP) is 3.09. The van der Waals surface area contributed by atoms with Crippen molar-refractivity contribution >= 4 is 17.6 Å². The number of aromatic nitrogens is 2. The van der Waals surface area contributed by atoms with E-state index >= 15 is 0 Å². The molecule has 1 aromatic carbocycles. The lowest BCUT2D eigenvalue weighted by atomic mass is 10.2. The lowest BCUT2D eigenvalue weighted by molar-refractivity contribution is -0.147. The van der Waals surface area contributed by atoms with Crippen LogP contribution in [0.1, 0.15) is 23.4 Å². The fourth-order valence-corrected chi connectivity index (χ4v) is 2.26. The van der Waals surface area contributed by atoms with Gasteiger partial charge in [-0.15, -0.1) is 0 Å². The molecular formula is C17H18F3N3O3. The molecule has 1 heterocycles. The second kappa shape index (κ2) is 8.03. The minimum atomic E-state index is -4.44. The lowest BCUT2D eigenvalue weighted by Crippen LogP contribution is -2.21. The molecule has 140 valence electrons. The molecule has 2 rings (SSSR count). The zero-order chi connectivity index (χ0) is 19.3. The first-order valence-corrected chi connectivity index (χ1v) is 7.79. The van der Waals surface area contributed by atoms with E-state index in [0.29, 0.717) is 6.54 Å². The highest BCUT2D eigenvalue weighted by Crippen LogP contribution is 2.29. The van der Waals surface area contributed by atoms with Crippen LogP contribution in [0.2, 0.25) is 0 Å². The number of carbonyl (C=O) groups is 2. The van der Waals surface area contributed by atoms with Crippen molar-refractivity contribution in [3.63, 3.8) is 0 Å². The molecule has 1 aromatic heterocycles. The molecule has 0 spiro atoms. The zero-order valence-corrected chi connectivity index (χ0v) is 14.3. The smallest absolute Gasteiger partial charge is 0.416 e. The van der Waals surface area contributed by atoms with Crippen LogP contribution in [0.5, 0.6) is 0 Å². The van der Waals surface area contributed by atoms with E-state index < -0.39 is 30.2 Å². The number of anilines is 1. The van der Waals surface area contributed by atoms with Gasteiger partial charge >= 0.3 is 12.1 Å². The summed E-state index contributed by atoms with van der Waals surface area (Å²) >= 11 is 0. The van der Waals surface area contributed by atoms with Crippen LogP contribution in [-0.4, -0.2) is 28.3 Å². The standard InChI is InChI=1S/C17H18F3N3O3/c1-11-9-12(2)23(22-11)8-7-16(25)26-10-15(24)21-14-5-3-13(4-6-14)17(18,19)20/h3-6,9H,7-8,10H2,1-2H3,(H,21,24). The van der Waals surface area contributed by atoms with Gasteiger partial charge in [0.25, 0.3) is 5.91 Å². The van der Waals surface area contributed by atoms with Crippen LogP contribution < -0.4 is 5.32 Å². The first-order valence-electron chi connectivity index (χ1n) is 7.79. The van der Waals surface area contributed by atoms with E-state index in [-0.39, 0.29) is 12.1 Å². The van der Waals surface area contributed by atoms with Gasteiger partial charge in [0.05, 0.1) is 24.2 Å². The van der Waals surface area contributed by atoms with Crippen LogP contribution in [0, 0.1) is 13.8 Å². The van der Waals surface area contributed by atoms with E-state index in [9.17, 15) is 22.8 Å². The highest BCUT2D eigenvalue weighted by molar-refractivity contribution is 5.92. The molecule has 0 unspecified atom stereocenters. The van der Waals surface area contributed by atoms with Gasteiger partial charge in [0.15, 0.2) is 6.61 Å². The van der Waals surface area contributed by atoms with E-state index in [1.807, 2.05) is 19.9 Å². The molecule has 0 aliphatic rings. The number of hydrogen-bond donors (Lipinski definition) is 1. The van der Waals surface area contributed by atoms with Crippen molar-refractivity contribution in [3.05, 3.63) is 47.3 Å². The van der Waals surface area contributed by atoms with Gasteiger partial charge in [-0.05, 0) is 44.2 Å². The molecule has 9 heteroatoms. The van der Waals surface area contributed by atoms with E-state index in [1.165, 1.54) is 0 Å². The Bertz CT molecular complexity index is 783. The van der Waals surface area contributed by atoms with Gasteiger partial charge in [-0.2, -0.15) is 18.3 Å². The van der Waals surface area contributed by atoms with Crippen molar-refractivity contribution in [2.45, 2.75) is 33.0 Å². The molecule has 0 bridgehead atoms. The minimum absolute atomic E-state index is 0.0511. The Labute approximate surface area is 147 Å². The highest BCUT2D eigenvalue weighted by Gasteiger charge is 2.29. The summed E-state index contributed by atoms with van der Waals surface area (Å²) in [6.45, 7) is 3.52. The Balaban J connectivity index is 1.75. The van der Waals surface area contributed by atoms with Gasteiger partial charge in [-0.1, -0.05) is 0 Å². The van der Waals surface area contributed by atoms with Gasteiger partial charge < -0.3 is 10.1 Å². The Morgan fingerprint density at radius 1 is 1.19 bits per heavy atom. The summed E-state index contributed by atoms with van der Waals surface area (Å²) in [5, 5.41) is 6.57. The predicted molar refractivity (Wildman–Crippen MR) is 87.4 cm³/mol. The quantitative estimate of drug-likeness (QED) is 0.794. The number of alkyl halides is 3. The second-order valence-electron chi connectivity index (χ2n) is 5.68. The van der Waals surface area contributed by atoms with Gasteiger partial charge in [-0.25, -0.2) is 0 Å². The monoisotopic (exact) mass is 369 g/mol. The number of esters is 1. The zero-order valence-electron chi connectivity index (χ0n) is 14.3. The highest BCUT2D eigenvalue weighted by atomic mass is 19.4. The van der Waals surface area contributed by atoms with Crippen LogP contribution in [0.15, 0.2) is 30.3 Å². The third-order valence-corrected chi connectivity index (χ3v) is 3.49. The van der Waals surface area contributed by atoms with Gasteiger partial charge in [-0.3, -0.25) is 14.3 Å². The third-order valence-electron chi connectivity index (χ3n) is 3.49. The summed E-state index contributed by atoms with van der Waals surface area (Å²) < 4.78 is 43.9. The molecule has 2 aromatic rings. The SMILES string of the molecule is Cc1cc(C)n(CCC(=O)OCC(=O)Nc2ccc(C(F)(F)F)cc2)n1. The maximum Gasteiger partial charge on any atom is 0.416 e. The fraction of sp³-hybridized carbons (Fsp3) is 0.353. The number of ether oxygens (including phenoxy) is 1. The molecule has 0 fully saturated rings. The average molecular weight is 369 g/mol. The summed E-state index contributed by atoms with van der Waals surface area (Å²) in [6.07, 6.45) is -4.39. The number of nitrogens with zero attached hydrogens (tertiary/aromatic N) is 2. The summed E-state index contributed by atoms with van der Waals surface area (Å²) in [6, 6.07) is 5.85. The average Bonchev–Trinajstić information content (AvgIpc) is 2.88. The largest absolute Gasteiger partial charge is 0.456 e. The molecule has 1 N–H and O–H groups in total. The van der Waals surface area contributed by atoms with Crippen molar-refractivity contribution in [1.29, 1.82) is 0 Å². The van der Waals surface area contributed by atoms with Crippen molar-refractivity contribution in [2.75, 3.05) is 11.9 Å². The summed E-state index contributed by atoms with van der Waals surface area (Å²) in [5.41, 5.74) is 1.12. The maximum atomic E-state index is 12.5. The molecule has 0 aliphatic carbocycles. The van der Waals surface area contributed by atoms with Crippen molar-refractivity contribution in [2.24, 2.45) is 0 Å². The van der Waals surface area contributed by atoms with Crippen LogP contribution in [0.3, 0.4) is 0 Å². The van der Waals surface area contributed by atoms with Crippen LogP contribution >= 0.6 is 0 Å². The third kappa shape index (κ3) is 5.61. The van der Waals surface area contributed by atoms with E-state index in [1.54, 1.807) is 4.68 Å². The maximum absolute atomic E-state index is 12.5. The molecule has 0 aliphatic heterocycles. The van der Waals surface area contributed by atoms with E-state index in [2.05, 4.69) is 10.4 Å². The van der Waals surface area contributed by atoms with Gasteiger partial charge in [0.1, 0.15) is 0 Å². The Hall–Kier alpha value is -2.84. The van der Waals surface area contributed by atoms with E-state index in [4.69, 9.17) is 4.74 Å². The fourth-order valence-electron chi connectivity index (χ4n) is 2.26. The first-order chi connectivity index (χ1) is 12.1. The number of aryl methyl sites for hydroxylation is 3. The molecule has 0 saturated carbocycles. The van der Waals surface area contributed by atoms with Crippen LogP contribution in [-0.2, 0) is 27.0 Å². The normalized spacial score (nSPS) is 11.3. The Morgan fingerprint density at radius 3 is 2.38 bits per heavy atom. The number of nitrogens with one attached hydrogen (secondary N) is 1. The van der Waals surface area contributed by atoms with Gasteiger partial charge in [0, 0.05) is 11.4 Å². The van der Waals surface area contributed by atoms with Gasteiger partial charge in [0.2, 0.25) is 0 Å². The molecule has 0 atom stereocenters. The molecule has 1 amide bonds. The molecule has 26 heavy (non-hydrogen) atoms. The number of hydrogen-bond acceptors (Lipinski definition) is 4. The Morgan fingerprint density at radius 2 is 1.85 bits per heavy atom. The van der Waals surface area contributed by atoms with Crippen LogP contribution in [0.25, 0.3) is 0 Å². The van der Waals surface area contributed by atoms with Crippen molar-refractivity contribution in [1.82, 2.24) is 9.78 Å². The van der Waals surface area contributed by atoms with Crippen molar-refractivity contribution < 1.29 is 27.5 Å². The van der Waals surface area contributed by atoms with E-state index in [0.717, 1.165) is 35.7 Å². The first kappa shape index (κ1) is 19.5. The number of carbonyl (C=O) groups excluding carboxylic acids is 2. The molecule has 0 radical (unpaired) electrons. The molecule has 0 saturated heterocycles. The molecular weight excluding hydrogens is 351 g/mol. The van der Waals surface area contributed by atoms with Crippen LogP contribution in [0.4, 0.5) is 18.9 Å². The minimum Gasteiger partial charge on any atom is -0.456 e. The summed E-state index contributed by atoms with van der Waals surface area (Å²) in [7, 11) is 0. The lowest BCUT2D eigenvalue weighted by Gasteiger charge is -2.09. The second-order valence-corrected chi connectivity index (χ2v) is 5.68. The Kier molecular flexibility index (Phi) is 6.01. The number of halogens is 3. The summed E-state index contributed by atoms with van der Waals surface area (Å²) in [4.78, 5) is 23.4. The molecule has 6 nitrogen and oxygen atoms in total.